The van der Waals surface area contributed by atoms with Crippen molar-refractivity contribution in [1.29, 1.82) is 0 Å². The van der Waals surface area contributed by atoms with Gasteiger partial charge in [-0.25, -0.2) is 0 Å². The van der Waals surface area contributed by atoms with Crippen LogP contribution in [0.25, 0.3) is 11.3 Å². The van der Waals surface area contributed by atoms with E-state index in [1.165, 1.54) is 5.56 Å². The lowest BCUT2D eigenvalue weighted by molar-refractivity contribution is -0.0869. The SMILES string of the molecule is CCN1OC(c2ccccn2)=C(c2ccccn2)C1c1ccccc1. The molecule has 0 radical (unpaired) electrons. The molecule has 0 fully saturated rings. The van der Waals surface area contributed by atoms with Crippen LogP contribution < -0.4 is 0 Å². The molecule has 3 aromatic rings. The largest absolute Gasteiger partial charge is 0.402 e. The second-order valence-electron chi connectivity index (χ2n) is 5.81. The molecule has 0 N–H and O–H groups in total. The number of hydrogen-bond donors (Lipinski definition) is 0. The maximum absolute atomic E-state index is 6.24. The maximum Gasteiger partial charge on any atom is 0.180 e. The molecule has 1 unspecified atom stereocenters. The van der Waals surface area contributed by atoms with Crippen LogP contribution in [0.1, 0.15) is 29.9 Å². The predicted octanol–water partition coefficient (Wildman–Crippen LogP) is 4.35. The number of hydrogen-bond acceptors (Lipinski definition) is 4. The van der Waals surface area contributed by atoms with E-state index in [1.54, 1.807) is 6.20 Å². The average molecular weight is 329 g/mol. The molecule has 0 saturated carbocycles. The van der Waals surface area contributed by atoms with Gasteiger partial charge in [0.15, 0.2) is 5.76 Å². The zero-order valence-corrected chi connectivity index (χ0v) is 14.0. The summed E-state index contributed by atoms with van der Waals surface area (Å²) < 4.78 is 0. The number of nitrogens with zero attached hydrogens (tertiary/aromatic N) is 3. The summed E-state index contributed by atoms with van der Waals surface area (Å²) in [6.07, 6.45) is 3.60. The van der Waals surface area contributed by atoms with Gasteiger partial charge in [0.05, 0.1) is 5.69 Å². The highest BCUT2D eigenvalue weighted by atomic mass is 16.7. The highest BCUT2D eigenvalue weighted by Gasteiger charge is 2.37. The van der Waals surface area contributed by atoms with Gasteiger partial charge in [-0.2, -0.15) is 0 Å². The molecule has 0 saturated heterocycles. The summed E-state index contributed by atoms with van der Waals surface area (Å²) in [6, 6.07) is 22.2. The van der Waals surface area contributed by atoms with Crippen LogP contribution in [0, 0.1) is 0 Å². The molecule has 0 bridgehead atoms. The van der Waals surface area contributed by atoms with Gasteiger partial charge in [-0.3, -0.25) is 9.97 Å². The third-order valence-electron chi connectivity index (χ3n) is 4.28. The van der Waals surface area contributed by atoms with Gasteiger partial charge < -0.3 is 4.84 Å². The second kappa shape index (κ2) is 6.87. The van der Waals surface area contributed by atoms with Crippen molar-refractivity contribution in [3.05, 3.63) is 96.1 Å². The van der Waals surface area contributed by atoms with E-state index in [-0.39, 0.29) is 6.04 Å². The van der Waals surface area contributed by atoms with Gasteiger partial charge in [-0.05, 0) is 36.8 Å². The minimum absolute atomic E-state index is 0.0156. The Bertz CT molecular complexity index is 863. The Morgan fingerprint density at radius 2 is 1.48 bits per heavy atom. The zero-order valence-electron chi connectivity index (χ0n) is 14.0. The van der Waals surface area contributed by atoms with Crippen molar-refractivity contribution < 1.29 is 4.84 Å². The lowest BCUT2D eigenvalue weighted by atomic mass is 9.94. The molecule has 0 amide bonds. The van der Waals surface area contributed by atoms with Crippen molar-refractivity contribution in [1.82, 2.24) is 15.0 Å². The topological polar surface area (TPSA) is 38.2 Å². The first-order valence-corrected chi connectivity index (χ1v) is 8.45. The van der Waals surface area contributed by atoms with Crippen molar-refractivity contribution in [3.63, 3.8) is 0 Å². The number of aromatic nitrogens is 2. The fourth-order valence-electron chi connectivity index (χ4n) is 3.16. The van der Waals surface area contributed by atoms with E-state index in [2.05, 4.69) is 41.2 Å². The van der Waals surface area contributed by atoms with E-state index in [4.69, 9.17) is 4.84 Å². The van der Waals surface area contributed by atoms with E-state index in [9.17, 15) is 0 Å². The minimum atomic E-state index is -0.0156. The predicted molar refractivity (Wildman–Crippen MR) is 97.9 cm³/mol. The fourth-order valence-corrected chi connectivity index (χ4v) is 3.16. The van der Waals surface area contributed by atoms with E-state index >= 15 is 0 Å². The molecule has 4 rings (SSSR count). The average Bonchev–Trinajstić information content (AvgIpc) is 3.10. The third-order valence-corrected chi connectivity index (χ3v) is 4.28. The first-order chi connectivity index (χ1) is 12.4. The molecule has 1 atom stereocenters. The quantitative estimate of drug-likeness (QED) is 0.713. The molecule has 4 nitrogen and oxygen atoms in total. The first kappa shape index (κ1) is 15.5. The van der Waals surface area contributed by atoms with Crippen molar-refractivity contribution in [2.45, 2.75) is 13.0 Å². The Kier molecular flexibility index (Phi) is 4.27. The van der Waals surface area contributed by atoms with Gasteiger partial charge in [0.25, 0.3) is 0 Å². The summed E-state index contributed by atoms with van der Waals surface area (Å²) in [6.45, 7) is 2.85. The Morgan fingerprint density at radius 3 is 2.08 bits per heavy atom. The lowest BCUT2D eigenvalue weighted by Crippen LogP contribution is -2.23. The van der Waals surface area contributed by atoms with Crippen LogP contribution in [-0.4, -0.2) is 21.6 Å². The molecule has 2 aromatic heterocycles. The monoisotopic (exact) mass is 329 g/mol. The third kappa shape index (κ3) is 2.92. The van der Waals surface area contributed by atoms with E-state index in [1.807, 2.05) is 53.7 Å². The molecule has 0 aliphatic carbocycles. The Balaban J connectivity index is 1.93. The Labute approximate surface area is 147 Å². The molecule has 25 heavy (non-hydrogen) atoms. The molecule has 124 valence electrons. The molecule has 1 aromatic carbocycles. The van der Waals surface area contributed by atoms with E-state index < -0.39 is 0 Å². The Hall–Kier alpha value is -2.98. The molecular formula is C21H19N3O. The number of benzene rings is 1. The van der Waals surface area contributed by atoms with Crippen molar-refractivity contribution in [2.24, 2.45) is 0 Å². The maximum atomic E-state index is 6.24. The van der Waals surface area contributed by atoms with Gasteiger partial charge in [0, 0.05) is 24.5 Å². The number of hydroxylamine groups is 2. The van der Waals surface area contributed by atoms with Crippen LogP contribution in [0.15, 0.2) is 79.1 Å². The van der Waals surface area contributed by atoms with Gasteiger partial charge in [-0.15, -0.1) is 5.06 Å². The van der Waals surface area contributed by atoms with Crippen molar-refractivity contribution >= 4 is 11.3 Å². The second-order valence-corrected chi connectivity index (χ2v) is 5.81. The van der Waals surface area contributed by atoms with E-state index in [0.717, 1.165) is 29.3 Å². The molecule has 0 spiro atoms. The van der Waals surface area contributed by atoms with Gasteiger partial charge in [0.1, 0.15) is 11.7 Å². The zero-order chi connectivity index (χ0) is 17.1. The van der Waals surface area contributed by atoms with Gasteiger partial charge >= 0.3 is 0 Å². The molecule has 4 heteroatoms. The Morgan fingerprint density at radius 1 is 0.840 bits per heavy atom. The minimum Gasteiger partial charge on any atom is -0.402 e. The summed E-state index contributed by atoms with van der Waals surface area (Å²) in [7, 11) is 0. The summed E-state index contributed by atoms with van der Waals surface area (Å²) in [5, 5.41) is 1.99. The number of likely N-dealkylation sites (N-methyl/N-ethyl adjacent to an activating group) is 1. The van der Waals surface area contributed by atoms with Crippen molar-refractivity contribution in [2.75, 3.05) is 6.54 Å². The summed E-state index contributed by atoms with van der Waals surface area (Å²) in [5.41, 5.74) is 3.95. The molecule has 1 aliphatic heterocycles. The van der Waals surface area contributed by atoms with Crippen molar-refractivity contribution in [3.8, 4) is 0 Å². The van der Waals surface area contributed by atoms with Crippen LogP contribution in [-0.2, 0) is 4.84 Å². The van der Waals surface area contributed by atoms with Gasteiger partial charge in [0.2, 0.25) is 0 Å². The highest BCUT2D eigenvalue weighted by molar-refractivity contribution is 5.90. The summed E-state index contributed by atoms with van der Waals surface area (Å²) >= 11 is 0. The van der Waals surface area contributed by atoms with Gasteiger partial charge in [-0.1, -0.05) is 42.5 Å². The lowest BCUT2D eigenvalue weighted by Gasteiger charge is -2.23. The van der Waals surface area contributed by atoms with Crippen LogP contribution in [0.5, 0.6) is 0 Å². The van der Waals surface area contributed by atoms with Crippen LogP contribution in [0.3, 0.4) is 0 Å². The number of pyridine rings is 2. The molecular weight excluding hydrogens is 310 g/mol. The van der Waals surface area contributed by atoms with Crippen LogP contribution in [0.2, 0.25) is 0 Å². The highest BCUT2D eigenvalue weighted by Crippen LogP contribution is 2.45. The normalized spacial score (nSPS) is 17.6. The smallest absolute Gasteiger partial charge is 0.180 e. The van der Waals surface area contributed by atoms with E-state index in [0.29, 0.717) is 0 Å². The van der Waals surface area contributed by atoms with Crippen LogP contribution >= 0.6 is 0 Å². The standard InChI is InChI=1S/C21H19N3O/c1-2-24-20(16-10-4-3-5-11-16)19(17-12-6-8-14-22-17)21(25-24)18-13-7-9-15-23-18/h3-15,20H,2H2,1H3. The summed E-state index contributed by atoms with van der Waals surface area (Å²) in [5.74, 6) is 0.773. The number of rotatable bonds is 4. The molecule has 1 aliphatic rings. The molecule has 3 heterocycles. The fraction of sp³-hybridized carbons (Fsp3) is 0.143. The van der Waals surface area contributed by atoms with Crippen LogP contribution in [0.4, 0.5) is 0 Å². The first-order valence-electron chi connectivity index (χ1n) is 8.45. The summed E-state index contributed by atoms with van der Waals surface area (Å²) in [4.78, 5) is 15.3.